The highest BCUT2D eigenvalue weighted by Crippen LogP contribution is 2.13. The van der Waals surface area contributed by atoms with Gasteiger partial charge >= 0.3 is 0 Å². The van der Waals surface area contributed by atoms with E-state index < -0.39 is 0 Å². The minimum Gasteiger partial charge on any atom is -0.385 e. The maximum absolute atomic E-state index is 5.09. The number of hydrogen-bond donors (Lipinski definition) is 1. The predicted octanol–water partition coefficient (Wildman–Crippen LogP) is 1.48. The summed E-state index contributed by atoms with van der Waals surface area (Å²) in [6.45, 7) is 10.1. The Balaban J connectivity index is 2.17. The summed E-state index contributed by atoms with van der Waals surface area (Å²) in [6.07, 6.45) is 2.39. The molecule has 0 aliphatic carbocycles. The van der Waals surface area contributed by atoms with Gasteiger partial charge in [0, 0.05) is 38.4 Å². The van der Waals surface area contributed by atoms with Crippen LogP contribution < -0.4 is 5.32 Å². The van der Waals surface area contributed by atoms with Gasteiger partial charge in [-0.2, -0.15) is 0 Å². The Hall–Kier alpha value is -0.120. The van der Waals surface area contributed by atoms with Crippen molar-refractivity contribution in [2.24, 2.45) is 0 Å². The van der Waals surface area contributed by atoms with Gasteiger partial charge < -0.3 is 10.1 Å². The Morgan fingerprint density at radius 3 is 2.67 bits per heavy atom. The topological polar surface area (TPSA) is 24.5 Å². The number of rotatable bonds is 6. The van der Waals surface area contributed by atoms with Crippen molar-refractivity contribution in [1.82, 2.24) is 10.2 Å². The van der Waals surface area contributed by atoms with Crippen LogP contribution in [-0.2, 0) is 4.74 Å². The van der Waals surface area contributed by atoms with Crippen molar-refractivity contribution >= 4 is 0 Å². The van der Waals surface area contributed by atoms with E-state index in [1.165, 1.54) is 19.5 Å². The number of methoxy groups -OCH3 is 1. The van der Waals surface area contributed by atoms with Crippen LogP contribution in [0.2, 0.25) is 0 Å². The second-order valence-electron chi connectivity index (χ2n) is 4.92. The fraction of sp³-hybridized carbons (Fsp3) is 1.00. The molecule has 0 bridgehead atoms. The van der Waals surface area contributed by atoms with Gasteiger partial charge in [0.2, 0.25) is 0 Å². The van der Waals surface area contributed by atoms with Gasteiger partial charge in [-0.1, -0.05) is 0 Å². The van der Waals surface area contributed by atoms with Crippen molar-refractivity contribution in [2.75, 3.05) is 26.8 Å². The average Bonchev–Trinajstić information content (AvgIpc) is 2.63. The summed E-state index contributed by atoms with van der Waals surface area (Å²) >= 11 is 0. The lowest BCUT2D eigenvalue weighted by Gasteiger charge is -2.22. The molecular formula is C12H26N2O. The summed E-state index contributed by atoms with van der Waals surface area (Å²) in [5.41, 5.74) is 0. The van der Waals surface area contributed by atoms with Crippen LogP contribution >= 0.6 is 0 Å². The molecule has 0 amide bonds. The van der Waals surface area contributed by atoms with E-state index in [4.69, 9.17) is 4.74 Å². The first-order valence-corrected chi connectivity index (χ1v) is 6.12. The first kappa shape index (κ1) is 12.9. The maximum atomic E-state index is 5.09. The molecule has 0 aromatic rings. The molecule has 1 aliphatic heterocycles. The molecule has 0 aromatic heterocycles. The first-order chi connectivity index (χ1) is 7.13. The van der Waals surface area contributed by atoms with Crippen LogP contribution in [0.15, 0.2) is 0 Å². The van der Waals surface area contributed by atoms with E-state index in [0.717, 1.165) is 13.0 Å². The number of nitrogens with zero attached hydrogens (tertiary/aromatic N) is 1. The Labute approximate surface area is 94.2 Å². The molecule has 1 saturated heterocycles. The fourth-order valence-electron chi connectivity index (χ4n) is 2.17. The second-order valence-corrected chi connectivity index (χ2v) is 4.92. The summed E-state index contributed by atoms with van der Waals surface area (Å²) in [7, 11) is 1.77. The van der Waals surface area contributed by atoms with Crippen molar-refractivity contribution in [3.8, 4) is 0 Å². The van der Waals surface area contributed by atoms with E-state index in [9.17, 15) is 0 Å². The number of ether oxygens (including phenoxy) is 1. The zero-order valence-corrected chi connectivity index (χ0v) is 10.6. The van der Waals surface area contributed by atoms with Gasteiger partial charge in [-0.3, -0.25) is 4.90 Å². The van der Waals surface area contributed by atoms with Crippen LogP contribution in [0.4, 0.5) is 0 Å². The van der Waals surface area contributed by atoms with Gasteiger partial charge in [-0.15, -0.1) is 0 Å². The van der Waals surface area contributed by atoms with Gasteiger partial charge in [-0.05, 0) is 40.2 Å². The SMILES string of the molecule is COCCC(C)NC1CCN(C(C)C)C1. The monoisotopic (exact) mass is 214 g/mol. The molecule has 3 nitrogen and oxygen atoms in total. The summed E-state index contributed by atoms with van der Waals surface area (Å²) in [5, 5.41) is 3.68. The molecule has 0 aromatic carbocycles. The van der Waals surface area contributed by atoms with E-state index in [0.29, 0.717) is 18.1 Å². The smallest absolute Gasteiger partial charge is 0.0476 e. The molecule has 90 valence electrons. The van der Waals surface area contributed by atoms with Crippen LogP contribution in [0.5, 0.6) is 0 Å². The van der Waals surface area contributed by atoms with Crippen LogP contribution in [0, 0.1) is 0 Å². The van der Waals surface area contributed by atoms with Crippen molar-refractivity contribution < 1.29 is 4.74 Å². The van der Waals surface area contributed by atoms with E-state index in [2.05, 4.69) is 31.0 Å². The highest BCUT2D eigenvalue weighted by Gasteiger charge is 2.24. The minimum atomic E-state index is 0.571. The fourth-order valence-corrected chi connectivity index (χ4v) is 2.17. The molecule has 2 unspecified atom stereocenters. The molecule has 1 N–H and O–H groups in total. The molecular weight excluding hydrogens is 188 g/mol. The molecule has 0 spiro atoms. The maximum Gasteiger partial charge on any atom is 0.0476 e. The lowest BCUT2D eigenvalue weighted by atomic mass is 10.2. The molecule has 1 fully saturated rings. The van der Waals surface area contributed by atoms with E-state index in [1.807, 2.05) is 0 Å². The molecule has 2 atom stereocenters. The predicted molar refractivity (Wildman–Crippen MR) is 64.2 cm³/mol. The van der Waals surface area contributed by atoms with Gasteiger partial charge in [0.15, 0.2) is 0 Å². The number of hydrogen-bond acceptors (Lipinski definition) is 3. The van der Waals surface area contributed by atoms with E-state index in [-0.39, 0.29) is 0 Å². The van der Waals surface area contributed by atoms with Gasteiger partial charge in [0.05, 0.1) is 0 Å². The zero-order chi connectivity index (χ0) is 11.3. The summed E-state index contributed by atoms with van der Waals surface area (Å²) in [6, 6.07) is 1.94. The van der Waals surface area contributed by atoms with Crippen molar-refractivity contribution in [3.63, 3.8) is 0 Å². The van der Waals surface area contributed by atoms with Crippen LogP contribution in [0.3, 0.4) is 0 Å². The highest BCUT2D eigenvalue weighted by molar-refractivity contribution is 4.84. The van der Waals surface area contributed by atoms with Gasteiger partial charge in [-0.25, -0.2) is 0 Å². The van der Waals surface area contributed by atoms with Gasteiger partial charge in [0.1, 0.15) is 0 Å². The average molecular weight is 214 g/mol. The number of nitrogens with one attached hydrogen (secondary N) is 1. The normalized spacial score (nSPS) is 25.0. The summed E-state index contributed by atoms with van der Waals surface area (Å²) in [5.74, 6) is 0. The Bertz CT molecular complexity index is 173. The van der Waals surface area contributed by atoms with Crippen molar-refractivity contribution in [2.45, 2.75) is 51.7 Å². The van der Waals surface area contributed by atoms with Crippen LogP contribution in [0.1, 0.15) is 33.6 Å². The largest absolute Gasteiger partial charge is 0.385 e. The Kier molecular flexibility index (Phi) is 5.58. The van der Waals surface area contributed by atoms with E-state index >= 15 is 0 Å². The summed E-state index contributed by atoms with van der Waals surface area (Å²) in [4.78, 5) is 2.54. The third-order valence-corrected chi connectivity index (χ3v) is 3.23. The molecule has 3 heteroatoms. The second kappa shape index (κ2) is 6.46. The molecule has 1 heterocycles. The Morgan fingerprint density at radius 2 is 2.13 bits per heavy atom. The van der Waals surface area contributed by atoms with Crippen molar-refractivity contribution in [1.29, 1.82) is 0 Å². The van der Waals surface area contributed by atoms with E-state index in [1.54, 1.807) is 7.11 Å². The third kappa shape index (κ3) is 4.49. The lowest BCUT2D eigenvalue weighted by molar-refractivity contribution is 0.182. The minimum absolute atomic E-state index is 0.571. The summed E-state index contributed by atoms with van der Waals surface area (Å²) < 4.78 is 5.09. The van der Waals surface area contributed by atoms with Crippen LogP contribution in [-0.4, -0.2) is 49.8 Å². The molecule has 1 rings (SSSR count). The molecule has 1 aliphatic rings. The standard InChI is InChI=1S/C12H26N2O/c1-10(2)14-7-5-12(9-14)13-11(3)6-8-15-4/h10-13H,5-9H2,1-4H3. The molecule has 0 saturated carbocycles. The third-order valence-electron chi connectivity index (χ3n) is 3.23. The van der Waals surface area contributed by atoms with Crippen molar-refractivity contribution in [3.05, 3.63) is 0 Å². The number of likely N-dealkylation sites (tertiary alicyclic amines) is 1. The first-order valence-electron chi connectivity index (χ1n) is 6.12. The molecule has 15 heavy (non-hydrogen) atoms. The Morgan fingerprint density at radius 1 is 1.40 bits per heavy atom. The highest BCUT2D eigenvalue weighted by atomic mass is 16.5. The molecule has 0 radical (unpaired) electrons. The lowest BCUT2D eigenvalue weighted by Crippen LogP contribution is -2.40. The van der Waals surface area contributed by atoms with Gasteiger partial charge in [0.25, 0.3) is 0 Å². The zero-order valence-electron chi connectivity index (χ0n) is 10.6. The van der Waals surface area contributed by atoms with Crippen LogP contribution in [0.25, 0.3) is 0 Å². The quantitative estimate of drug-likeness (QED) is 0.725.